The van der Waals surface area contributed by atoms with E-state index >= 15 is 0 Å². The lowest BCUT2D eigenvalue weighted by molar-refractivity contribution is -0.159. The number of benzene rings is 2. The third-order valence-corrected chi connectivity index (χ3v) is 7.72. The predicted octanol–water partition coefficient (Wildman–Crippen LogP) is 6.09. The van der Waals surface area contributed by atoms with Gasteiger partial charge in [0.05, 0.1) is 5.92 Å². The maximum Gasteiger partial charge on any atom is 0.310 e. The molecule has 5 rings (SSSR count). The van der Waals surface area contributed by atoms with E-state index in [1.807, 2.05) is 45.9 Å². The number of ether oxygens (including phenoxy) is 1. The Morgan fingerprint density at radius 1 is 1.32 bits per heavy atom. The highest BCUT2D eigenvalue weighted by molar-refractivity contribution is 9.10. The van der Waals surface area contributed by atoms with Gasteiger partial charge in [-0.2, -0.15) is 5.26 Å². The Morgan fingerprint density at radius 3 is 2.85 bits per heavy atom. The Labute approximate surface area is 208 Å². The molecule has 1 aliphatic carbocycles. The summed E-state index contributed by atoms with van der Waals surface area (Å²) in [6, 6.07) is 10.6. The molecule has 2 heterocycles. The second-order valence-corrected chi connectivity index (χ2v) is 11.1. The molecule has 0 spiro atoms. The van der Waals surface area contributed by atoms with Crippen LogP contribution < -0.4 is 0 Å². The van der Waals surface area contributed by atoms with Crippen molar-refractivity contribution in [2.24, 2.45) is 5.92 Å². The van der Waals surface area contributed by atoms with Crippen molar-refractivity contribution in [2.45, 2.75) is 58.6 Å². The molecule has 2 aromatic carbocycles. The third kappa shape index (κ3) is 4.03. The first-order valence-corrected chi connectivity index (χ1v) is 12.5. The first-order valence-electron chi connectivity index (χ1n) is 11.7. The summed E-state index contributed by atoms with van der Waals surface area (Å²) < 4.78 is 12.8. The summed E-state index contributed by atoms with van der Waals surface area (Å²) in [5.41, 5.74) is 5.52. The van der Waals surface area contributed by atoms with Gasteiger partial charge in [-0.3, -0.25) is 9.69 Å². The molecule has 0 amide bonds. The number of halogens is 1. The van der Waals surface area contributed by atoms with E-state index in [1.165, 1.54) is 0 Å². The molecule has 2 aliphatic rings. The summed E-state index contributed by atoms with van der Waals surface area (Å²) in [6.07, 6.45) is 2.54. The van der Waals surface area contributed by atoms with Crippen molar-refractivity contribution in [2.75, 3.05) is 13.1 Å². The monoisotopic (exact) mass is 521 g/mol. The number of nitrogens with zero attached hydrogens (tertiary/aromatic N) is 3. The van der Waals surface area contributed by atoms with E-state index in [2.05, 4.69) is 33.0 Å². The van der Waals surface area contributed by atoms with Gasteiger partial charge in [-0.15, -0.1) is 0 Å². The number of esters is 1. The number of carbonyl (C=O) groups excluding carboxylic acids is 1. The Kier molecular flexibility index (Phi) is 5.78. The lowest BCUT2D eigenvalue weighted by Crippen LogP contribution is -2.31. The maximum absolute atomic E-state index is 12.6. The second kappa shape index (κ2) is 8.51. The average molecular weight is 522 g/mol. The summed E-state index contributed by atoms with van der Waals surface area (Å²) in [5, 5.41) is 10.0. The number of fused-ring (bicyclic) bond motifs is 2. The van der Waals surface area contributed by atoms with E-state index in [9.17, 15) is 10.1 Å². The minimum atomic E-state index is -0.477. The van der Waals surface area contributed by atoms with Gasteiger partial charge in [0.25, 0.3) is 0 Å². The van der Waals surface area contributed by atoms with Crippen molar-refractivity contribution < 1.29 is 13.9 Å². The first-order chi connectivity index (χ1) is 16.2. The lowest BCUT2D eigenvalue weighted by atomic mass is 10.0. The average Bonchev–Trinajstić information content (AvgIpc) is 3.50. The zero-order valence-electron chi connectivity index (χ0n) is 19.9. The second-order valence-electron chi connectivity index (χ2n) is 10.3. The van der Waals surface area contributed by atoms with Gasteiger partial charge in [-0.05, 0) is 88.4 Å². The van der Waals surface area contributed by atoms with Gasteiger partial charge in [0.1, 0.15) is 22.8 Å². The molecule has 1 saturated heterocycles. The molecule has 0 radical (unpaired) electrons. The minimum Gasteiger partial charge on any atom is -0.460 e. The van der Waals surface area contributed by atoms with Crippen LogP contribution in [-0.2, 0) is 16.0 Å². The van der Waals surface area contributed by atoms with E-state index in [0.29, 0.717) is 29.1 Å². The highest BCUT2D eigenvalue weighted by Crippen LogP contribution is 2.43. The van der Waals surface area contributed by atoms with E-state index in [-0.39, 0.29) is 17.9 Å². The molecule has 2 atom stereocenters. The van der Waals surface area contributed by atoms with Crippen molar-refractivity contribution in [1.29, 1.82) is 5.26 Å². The normalized spacial score (nSPS) is 20.5. The molecule has 6 nitrogen and oxygen atoms in total. The molecule has 2 unspecified atom stereocenters. The van der Waals surface area contributed by atoms with Gasteiger partial charge in [-0.1, -0.05) is 22.0 Å². The van der Waals surface area contributed by atoms with Gasteiger partial charge >= 0.3 is 5.97 Å². The van der Waals surface area contributed by atoms with Crippen LogP contribution in [0.3, 0.4) is 0 Å². The number of carbonyl (C=O) groups is 1. The fraction of sp³-hybridized carbons (Fsp3) is 0.444. The molecule has 0 bridgehead atoms. The molecule has 34 heavy (non-hydrogen) atoms. The SMILES string of the molecule is Cc1c(Br)cccc1-c1nc2cc3c(c(C#N)c2o1)CCC3N1CCC(C(=O)OC(C)(C)C)C1. The van der Waals surface area contributed by atoms with Crippen LogP contribution >= 0.6 is 15.9 Å². The van der Waals surface area contributed by atoms with Crippen LogP contribution in [0.1, 0.15) is 61.9 Å². The summed E-state index contributed by atoms with van der Waals surface area (Å²) in [5.74, 6) is 0.296. The number of hydrogen-bond acceptors (Lipinski definition) is 6. The van der Waals surface area contributed by atoms with Crippen LogP contribution in [0.5, 0.6) is 0 Å². The Balaban J connectivity index is 1.48. The number of rotatable bonds is 3. The van der Waals surface area contributed by atoms with Crippen LogP contribution in [0, 0.1) is 24.2 Å². The smallest absolute Gasteiger partial charge is 0.310 e. The van der Waals surface area contributed by atoms with Gasteiger partial charge in [0, 0.05) is 22.6 Å². The van der Waals surface area contributed by atoms with Gasteiger partial charge in [0.15, 0.2) is 5.58 Å². The molecule has 7 heteroatoms. The number of nitriles is 1. The quantitative estimate of drug-likeness (QED) is 0.388. The largest absolute Gasteiger partial charge is 0.460 e. The van der Waals surface area contributed by atoms with Gasteiger partial charge < -0.3 is 9.15 Å². The number of likely N-dealkylation sites (tertiary alicyclic amines) is 1. The Hall–Kier alpha value is -2.69. The van der Waals surface area contributed by atoms with Crippen molar-refractivity contribution in [1.82, 2.24) is 9.88 Å². The Morgan fingerprint density at radius 2 is 2.12 bits per heavy atom. The first kappa shape index (κ1) is 23.1. The van der Waals surface area contributed by atoms with Crippen molar-refractivity contribution >= 4 is 33.0 Å². The van der Waals surface area contributed by atoms with Crippen molar-refractivity contribution in [3.05, 3.63) is 51.0 Å². The van der Waals surface area contributed by atoms with Crippen LogP contribution in [0.15, 0.2) is 33.2 Å². The summed E-state index contributed by atoms with van der Waals surface area (Å²) in [7, 11) is 0. The summed E-state index contributed by atoms with van der Waals surface area (Å²) in [6.45, 7) is 9.25. The van der Waals surface area contributed by atoms with Gasteiger partial charge in [-0.25, -0.2) is 4.98 Å². The van der Waals surface area contributed by atoms with E-state index in [0.717, 1.165) is 52.5 Å². The molecule has 1 aliphatic heterocycles. The number of aromatic nitrogens is 1. The minimum absolute atomic E-state index is 0.111. The highest BCUT2D eigenvalue weighted by atomic mass is 79.9. The zero-order valence-corrected chi connectivity index (χ0v) is 21.5. The van der Waals surface area contributed by atoms with Crippen LogP contribution in [-0.4, -0.2) is 34.5 Å². The Bertz CT molecular complexity index is 1330. The van der Waals surface area contributed by atoms with Crippen molar-refractivity contribution in [3.8, 4) is 17.5 Å². The van der Waals surface area contributed by atoms with Crippen LogP contribution in [0.2, 0.25) is 0 Å². The number of oxazole rings is 1. The molecule has 3 aromatic rings. The van der Waals surface area contributed by atoms with E-state index in [1.54, 1.807) is 0 Å². The molecular weight excluding hydrogens is 494 g/mol. The molecule has 1 aromatic heterocycles. The van der Waals surface area contributed by atoms with Gasteiger partial charge in [0.2, 0.25) is 5.89 Å². The van der Waals surface area contributed by atoms with E-state index < -0.39 is 5.60 Å². The van der Waals surface area contributed by atoms with Crippen LogP contribution in [0.4, 0.5) is 0 Å². The standard InChI is InChI=1S/C27H28BrN3O3/c1-15-17(6-5-7-21(15)28)25-30-22-12-19-18(20(13-29)24(22)33-25)8-9-23(19)31-11-10-16(14-31)26(32)34-27(2,3)4/h5-7,12,16,23H,8-11,14H2,1-4H3. The highest BCUT2D eigenvalue weighted by Gasteiger charge is 2.39. The number of hydrogen-bond donors (Lipinski definition) is 0. The molecule has 0 N–H and O–H groups in total. The summed E-state index contributed by atoms with van der Waals surface area (Å²) in [4.78, 5) is 19.8. The molecule has 0 saturated carbocycles. The zero-order chi connectivity index (χ0) is 24.2. The summed E-state index contributed by atoms with van der Waals surface area (Å²) >= 11 is 3.58. The molecular formula is C27H28BrN3O3. The fourth-order valence-electron chi connectivity index (χ4n) is 5.23. The van der Waals surface area contributed by atoms with E-state index in [4.69, 9.17) is 14.1 Å². The third-order valence-electron chi connectivity index (χ3n) is 6.86. The van der Waals surface area contributed by atoms with Crippen molar-refractivity contribution in [3.63, 3.8) is 0 Å². The molecule has 1 fully saturated rings. The topological polar surface area (TPSA) is 79.4 Å². The lowest BCUT2D eigenvalue weighted by Gasteiger charge is -2.25. The predicted molar refractivity (Wildman–Crippen MR) is 133 cm³/mol. The molecule has 176 valence electrons. The van der Waals surface area contributed by atoms with Crippen LogP contribution in [0.25, 0.3) is 22.6 Å². The maximum atomic E-state index is 12.6. The fourth-order valence-corrected chi connectivity index (χ4v) is 5.59.